The summed E-state index contributed by atoms with van der Waals surface area (Å²) in [5.74, 6) is 1.10. The number of aryl methyl sites for hydroxylation is 1. The van der Waals surface area contributed by atoms with Crippen molar-refractivity contribution >= 4 is 0 Å². The van der Waals surface area contributed by atoms with Gasteiger partial charge in [0.2, 0.25) is 0 Å². The summed E-state index contributed by atoms with van der Waals surface area (Å²) in [6, 6.07) is 2.10. The molecular weight excluding hydrogens is 158 g/mol. The predicted octanol–water partition coefficient (Wildman–Crippen LogP) is 3.64. The fourth-order valence-electron chi connectivity index (χ4n) is 1.80. The molecule has 1 aromatic heterocycles. The minimum Gasteiger partial charge on any atom is -0.261 e. The van der Waals surface area contributed by atoms with Crippen LogP contribution in [-0.4, -0.2) is 4.98 Å². The van der Waals surface area contributed by atoms with E-state index in [0.29, 0.717) is 11.8 Å². The Bertz CT molecular complexity index is 287. The van der Waals surface area contributed by atoms with E-state index in [-0.39, 0.29) is 0 Å². The van der Waals surface area contributed by atoms with Gasteiger partial charge in [-0.05, 0) is 36.0 Å². The van der Waals surface area contributed by atoms with E-state index in [0.717, 1.165) is 0 Å². The molecule has 0 amide bonds. The van der Waals surface area contributed by atoms with E-state index in [1.54, 1.807) is 0 Å². The molecule has 0 aliphatic heterocycles. The van der Waals surface area contributed by atoms with Crippen LogP contribution in [-0.2, 0) is 0 Å². The van der Waals surface area contributed by atoms with Gasteiger partial charge in [0.25, 0.3) is 0 Å². The Morgan fingerprint density at radius 3 is 2.08 bits per heavy atom. The molecule has 0 saturated carbocycles. The van der Waals surface area contributed by atoms with Crippen LogP contribution in [0.1, 0.15) is 56.4 Å². The van der Waals surface area contributed by atoms with Crippen LogP contribution in [0.5, 0.6) is 0 Å². The monoisotopic (exact) mass is 177 g/mol. The summed E-state index contributed by atoms with van der Waals surface area (Å²) in [4.78, 5) is 4.46. The maximum absolute atomic E-state index is 4.46. The van der Waals surface area contributed by atoms with Gasteiger partial charge in [-0.15, -0.1) is 0 Å². The van der Waals surface area contributed by atoms with Crippen molar-refractivity contribution in [3.8, 4) is 0 Å². The fraction of sp³-hybridized carbons (Fsp3) is 0.583. The number of rotatable bonds is 2. The van der Waals surface area contributed by atoms with E-state index in [1.165, 1.54) is 16.8 Å². The molecule has 0 spiro atoms. The Morgan fingerprint density at radius 1 is 1.08 bits per heavy atom. The highest BCUT2D eigenvalue weighted by atomic mass is 14.7. The molecule has 1 nitrogen and oxygen atoms in total. The molecule has 0 radical (unpaired) electrons. The van der Waals surface area contributed by atoms with Gasteiger partial charge in [-0.3, -0.25) is 4.98 Å². The summed E-state index contributed by atoms with van der Waals surface area (Å²) in [7, 11) is 0. The van der Waals surface area contributed by atoms with Crippen molar-refractivity contribution in [3.05, 3.63) is 29.1 Å². The summed E-state index contributed by atoms with van der Waals surface area (Å²) in [5.41, 5.74) is 4.06. The Balaban J connectivity index is 3.26. The second-order valence-electron chi connectivity index (χ2n) is 4.24. The minimum atomic E-state index is 0.525. The lowest BCUT2D eigenvalue weighted by molar-refractivity contribution is 0.751. The summed E-state index contributed by atoms with van der Waals surface area (Å²) >= 11 is 0. The lowest BCUT2D eigenvalue weighted by Crippen LogP contribution is -2.03. The number of aromatic nitrogens is 1. The number of pyridine rings is 1. The van der Waals surface area contributed by atoms with E-state index in [9.17, 15) is 0 Å². The van der Waals surface area contributed by atoms with Crippen molar-refractivity contribution in [1.82, 2.24) is 4.98 Å². The number of nitrogens with zero attached hydrogens (tertiary/aromatic N) is 1. The molecule has 0 unspecified atom stereocenters. The fourth-order valence-corrected chi connectivity index (χ4v) is 1.80. The van der Waals surface area contributed by atoms with Gasteiger partial charge in [-0.1, -0.05) is 27.7 Å². The van der Waals surface area contributed by atoms with Crippen LogP contribution in [0.2, 0.25) is 0 Å². The average Bonchev–Trinajstić information content (AvgIpc) is 2.02. The highest BCUT2D eigenvalue weighted by molar-refractivity contribution is 5.33. The van der Waals surface area contributed by atoms with Crippen LogP contribution in [0, 0.1) is 6.92 Å². The number of hydrogen-bond acceptors (Lipinski definition) is 1. The van der Waals surface area contributed by atoms with Crippen molar-refractivity contribution in [3.63, 3.8) is 0 Å². The van der Waals surface area contributed by atoms with Crippen LogP contribution in [0.4, 0.5) is 0 Å². The molecule has 1 heterocycles. The summed E-state index contributed by atoms with van der Waals surface area (Å²) < 4.78 is 0. The van der Waals surface area contributed by atoms with Crippen molar-refractivity contribution in [2.45, 2.75) is 46.5 Å². The topological polar surface area (TPSA) is 12.9 Å². The third-order valence-electron chi connectivity index (χ3n) is 2.36. The van der Waals surface area contributed by atoms with Gasteiger partial charge in [0.1, 0.15) is 0 Å². The molecule has 1 aromatic rings. The third kappa shape index (κ3) is 2.09. The van der Waals surface area contributed by atoms with Gasteiger partial charge >= 0.3 is 0 Å². The van der Waals surface area contributed by atoms with E-state index in [4.69, 9.17) is 0 Å². The average molecular weight is 177 g/mol. The third-order valence-corrected chi connectivity index (χ3v) is 2.36. The number of hydrogen-bond donors (Lipinski definition) is 0. The molecule has 0 aliphatic rings. The Kier molecular flexibility index (Phi) is 3.07. The highest BCUT2D eigenvalue weighted by Gasteiger charge is 2.12. The van der Waals surface area contributed by atoms with Crippen LogP contribution in [0.3, 0.4) is 0 Å². The zero-order valence-corrected chi connectivity index (χ0v) is 9.26. The predicted molar refractivity (Wildman–Crippen MR) is 57.2 cm³/mol. The molecular formula is C12H19N. The van der Waals surface area contributed by atoms with Crippen LogP contribution >= 0.6 is 0 Å². The molecule has 0 aliphatic carbocycles. The van der Waals surface area contributed by atoms with Crippen LogP contribution < -0.4 is 0 Å². The SMILES string of the molecule is Cc1ccnc(C(C)C)c1C(C)C. The first-order valence-corrected chi connectivity index (χ1v) is 4.99. The maximum Gasteiger partial charge on any atom is 0.0466 e. The molecule has 0 aromatic carbocycles. The second kappa shape index (κ2) is 3.91. The highest BCUT2D eigenvalue weighted by Crippen LogP contribution is 2.26. The summed E-state index contributed by atoms with van der Waals surface area (Å²) in [6.07, 6.45) is 1.91. The van der Waals surface area contributed by atoms with E-state index >= 15 is 0 Å². The summed E-state index contributed by atoms with van der Waals surface area (Å²) in [6.45, 7) is 11.0. The van der Waals surface area contributed by atoms with E-state index in [1.807, 2.05) is 6.20 Å². The van der Waals surface area contributed by atoms with E-state index < -0.39 is 0 Å². The van der Waals surface area contributed by atoms with Crippen LogP contribution in [0.25, 0.3) is 0 Å². The molecule has 1 rings (SSSR count). The summed E-state index contributed by atoms with van der Waals surface area (Å²) in [5, 5.41) is 0. The minimum absolute atomic E-state index is 0.525. The molecule has 0 atom stereocenters. The van der Waals surface area contributed by atoms with Crippen molar-refractivity contribution in [2.75, 3.05) is 0 Å². The van der Waals surface area contributed by atoms with Crippen molar-refractivity contribution in [2.24, 2.45) is 0 Å². The Hall–Kier alpha value is -0.850. The van der Waals surface area contributed by atoms with Crippen molar-refractivity contribution in [1.29, 1.82) is 0 Å². The zero-order valence-electron chi connectivity index (χ0n) is 9.26. The molecule has 0 bridgehead atoms. The second-order valence-corrected chi connectivity index (χ2v) is 4.24. The van der Waals surface area contributed by atoms with Crippen LogP contribution in [0.15, 0.2) is 12.3 Å². The molecule has 0 fully saturated rings. The van der Waals surface area contributed by atoms with E-state index in [2.05, 4.69) is 45.7 Å². The van der Waals surface area contributed by atoms with Gasteiger partial charge in [0.15, 0.2) is 0 Å². The van der Waals surface area contributed by atoms with Gasteiger partial charge in [0.05, 0.1) is 0 Å². The maximum atomic E-state index is 4.46. The quantitative estimate of drug-likeness (QED) is 0.672. The Morgan fingerprint density at radius 2 is 1.69 bits per heavy atom. The van der Waals surface area contributed by atoms with Gasteiger partial charge in [0, 0.05) is 11.9 Å². The molecule has 1 heteroatoms. The first-order chi connectivity index (χ1) is 6.04. The smallest absolute Gasteiger partial charge is 0.0466 e. The zero-order chi connectivity index (χ0) is 10.0. The van der Waals surface area contributed by atoms with Gasteiger partial charge < -0.3 is 0 Å². The molecule has 0 N–H and O–H groups in total. The van der Waals surface area contributed by atoms with Gasteiger partial charge in [-0.25, -0.2) is 0 Å². The lowest BCUT2D eigenvalue weighted by atomic mass is 9.92. The largest absolute Gasteiger partial charge is 0.261 e. The Labute approximate surface area is 81.2 Å². The van der Waals surface area contributed by atoms with Gasteiger partial charge in [-0.2, -0.15) is 0 Å². The molecule has 13 heavy (non-hydrogen) atoms. The normalized spacial score (nSPS) is 11.3. The molecule has 0 saturated heterocycles. The lowest BCUT2D eigenvalue weighted by Gasteiger charge is -2.16. The first-order valence-electron chi connectivity index (χ1n) is 4.99. The van der Waals surface area contributed by atoms with Crippen molar-refractivity contribution < 1.29 is 0 Å². The molecule has 72 valence electrons. The standard InChI is InChI=1S/C12H19N/c1-8(2)11-10(5)6-7-13-12(11)9(3)4/h6-9H,1-5H3. The first kappa shape index (κ1) is 10.2.